The van der Waals surface area contributed by atoms with E-state index >= 15 is 0 Å². The van der Waals surface area contributed by atoms with Crippen molar-refractivity contribution in [2.24, 2.45) is 0 Å². The van der Waals surface area contributed by atoms with Crippen molar-refractivity contribution in [1.82, 2.24) is 20.2 Å². The van der Waals surface area contributed by atoms with E-state index in [-0.39, 0.29) is 6.79 Å². The van der Waals surface area contributed by atoms with Crippen molar-refractivity contribution in [1.29, 1.82) is 0 Å². The normalized spacial score (nSPS) is 12.6. The molecule has 1 aliphatic rings. The zero-order chi connectivity index (χ0) is 14.9. The molecular weight excluding hydrogens is 348 g/mol. The number of rotatable bonds is 3. The molecule has 0 spiro atoms. The molecule has 0 saturated heterocycles. The van der Waals surface area contributed by atoms with Crippen molar-refractivity contribution in [3.63, 3.8) is 0 Å². The van der Waals surface area contributed by atoms with Gasteiger partial charge in [-0.2, -0.15) is 4.80 Å². The first-order valence-corrected chi connectivity index (χ1v) is 7.50. The number of nitrogens with zero attached hydrogens (tertiary/aromatic N) is 4. The Morgan fingerprint density at radius 1 is 1.09 bits per heavy atom. The van der Waals surface area contributed by atoms with Crippen molar-refractivity contribution in [2.45, 2.75) is 6.54 Å². The SMILES string of the molecule is Brc1cc2c(cc1Cn1nnc(-c3ccccc3)n1)OCO2. The molecule has 2 heterocycles. The Morgan fingerprint density at radius 3 is 2.68 bits per heavy atom. The van der Waals surface area contributed by atoms with Gasteiger partial charge >= 0.3 is 0 Å². The molecule has 0 unspecified atom stereocenters. The number of tetrazole rings is 1. The molecular formula is C15H11BrN4O2. The van der Waals surface area contributed by atoms with E-state index < -0.39 is 0 Å². The minimum Gasteiger partial charge on any atom is -0.454 e. The van der Waals surface area contributed by atoms with Crippen LogP contribution >= 0.6 is 15.9 Å². The summed E-state index contributed by atoms with van der Waals surface area (Å²) in [6, 6.07) is 13.6. The van der Waals surface area contributed by atoms with E-state index in [9.17, 15) is 0 Å². The molecule has 0 aliphatic carbocycles. The minimum atomic E-state index is 0.255. The van der Waals surface area contributed by atoms with E-state index in [1.807, 2.05) is 42.5 Å². The lowest BCUT2D eigenvalue weighted by Crippen LogP contribution is -2.04. The maximum Gasteiger partial charge on any atom is 0.231 e. The summed E-state index contributed by atoms with van der Waals surface area (Å²) < 4.78 is 11.7. The summed E-state index contributed by atoms with van der Waals surface area (Å²) in [7, 11) is 0. The van der Waals surface area contributed by atoms with Crippen molar-refractivity contribution < 1.29 is 9.47 Å². The number of hydrogen-bond donors (Lipinski definition) is 0. The molecule has 7 heteroatoms. The third-order valence-corrected chi connectivity index (χ3v) is 4.08. The van der Waals surface area contributed by atoms with Crippen LogP contribution in [0.15, 0.2) is 46.9 Å². The van der Waals surface area contributed by atoms with Gasteiger partial charge in [0.1, 0.15) is 0 Å². The first-order chi connectivity index (χ1) is 10.8. The Kier molecular flexibility index (Phi) is 3.27. The fourth-order valence-electron chi connectivity index (χ4n) is 2.25. The van der Waals surface area contributed by atoms with Crippen LogP contribution in [0, 0.1) is 0 Å². The first-order valence-electron chi connectivity index (χ1n) is 6.71. The summed E-state index contributed by atoms with van der Waals surface area (Å²) in [5.74, 6) is 2.09. The van der Waals surface area contributed by atoms with Gasteiger partial charge in [-0.25, -0.2) is 0 Å². The number of hydrogen-bond acceptors (Lipinski definition) is 5. The molecule has 0 saturated carbocycles. The number of benzene rings is 2. The Balaban J connectivity index is 1.61. The Hall–Kier alpha value is -2.41. The highest BCUT2D eigenvalue weighted by Crippen LogP contribution is 2.37. The van der Waals surface area contributed by atoms with Gasteiger partial charge in [0.25, 0.3) is 0 Å². The molecule has 0 amide bonds. The van der Waals surface area contributed by atoms with E-state index in [1.165, 1.54) is 0 Å². The molecule has 1 aromatic heterocycles. The summed E-state index contributed by atoms with van der Waals surface area (Å²) >= 11 is 3.53. The van der Waals surface area contributed by atoms with Crippen molar-refractivity contribution >= 4 is 15.9 Å². The van der Waals surface area contributed by atoms with Crippen LogP contribution in [-0.2, 0) is 6.54 Å². The van der Waals surface area contributed by atoms with E-state index in [4.69, 9.17) is 9.47 Å². The van der Waals surface area contributed by atoms with E-state index in [2.05, 4.69) is 31.3 Å². The quantitative estimate of drug-likeness (QED) is 0.720. The maximum atomic E-state index is 5.40. The van der Waals surface area contributed by atoms with Gasteiger partial charge in [-0.1, -0.05) is 46.3 Å². The molecule has 3 aromatic rings. The lowest BCUT2D eigenvalue weighted by atomic mass is 10.2. The summed E-state index contributed by atoms with van der Waals surface area (Å²) in [6.07, 6.45) is 0. The number of aromatic nitrogens is 4. The molecule has 0 bridgehead atoms. The second-order valence-corrected chi connectivity index (χ2v) is 5.66. The molecule has 2 aromatic carbocycles. The number of fused-ring (bicyclic) bond motifs is 1. The van der Waals surface area contributed by atoms with Gasteiger partial charge in [0.2, 0.25) is 12.6 Å². The summed E-state index contributed by atoms with van der Waals surface area (Å²) in [5.41, 5.74) is 1.94. The van der Waals surface area contributed by atoms with Crippen molar-refractivity contribution in [2.75, 3.05) is 6.79 Å². The summed E-state index contributed by atoms with van der Waals surface area (Å²) in [4.78, 5) is 1.56. The van der Waals surface area contributed by atoms with Gasteiger partial charge in [0, 0.05) is 10.0 Å². The van der Waals surface area contributed by atoms with Gasteiger partial charge in [0.05, 0.1) is 6.54 Å². The largest absolute Gasteiger partial charge is 0.454 e. The van der Waals surface area contributed by atoms with E-state index in [0.717, 1.165) is 27.1 Å². The predicted octanol–water partition coefficient (Wildman–Crippen LogP) is 2.88. The van der Waals surface area contributed by atoms with Gasteiger partial charge in [-0.3, -0.25) is 0 Å². The van der Waals surface area contributed by atoms with Crippen LogP contribution in [-0.4, -0.2) is 27.0 Å². The Morgan fingerprint density at radius 2 is 1.86 bits per heavy atom. The fraction of sp³-hybridized carbons (Fsp3) is 0.133. The zero-order valence-electron chi connectivity index (χ0n) is 11.4. The molecule has 4 rings (SSSR count). The molecule has 1 aliphatic heterocycles. The monoisotopic (exact) mass is 358 g/mol. The third kappa shape index (κ3) is 2.43. The molecule has 0 fully saturated rings. The van der Waals surface area contributed by atoms with E-state index in [0.29, 0.717) is 12.4 Å². The second kappa shape index (κ2) is 5.42. The van der Waals surface area contributed by atoms with Crippen molar-refractivity contribution in [3.8, 4) is 22.9 Å². The van der Waals surface area contributed by atoms with E-state index in [1.54, 1.807) is 4.80 Å². The highest BCUT2D eigenvalue weighted by molar-refractivity contribution is 9.10. The predicted molar refractivity (Wildman–Crippen MR) is 82.6 cm³/mol. The van der Waals surface area contributed by atoms with Crippen LogP contribution in [0.4, 0.5) is 0 Å². The first kappa shape index (κ1) is 13.3. The smallest absolute Gasteiger partial charge is 0.231 e. The zero-order valence-corrected chi connectivity index (χ0v) is 13.0. The average Bonchev–Trinajstić information content (AvgIpc) is 3.18. The number of ether oxygens (including phenoxy) is 2. The molecule has 0 radical (unpaired) electrons. The molecule has 0 atom stereocenters. The molecule has 110 valence electrons. The van der Waals surface area contributed by atoms with Gasteiger partial charge in [-0.15, -0.1) is 10.2 Å². The standard InChI is InChI=1S/C15H11BrN4O2/c16-12-7-14-13(21-9-22-14)6-11(12)8-20-18-15(17-19-20)10-4-2-1-3-5-10/h1-7H,8-9H2. The highest BCUT2D eigenvalue weighted by Gasteiger charge is 2.17. The van der Waals surface area contributed by atoms with Crippen LogP contribution < -0.4 is 9.47 Å². The fourth-order valence-corrected chi connectivity index (χ4v) is 2.69. The third-order valence-electron chi connectivity index (χ3n) is 3.34. The summed E-state index contributed by atoms with van der Waals surface area (Å²) in [6.45, 7) is 0.752. The lowest BCUT2D eigenvalue weighted by molar-refractivity contribution is 0.174. The van der Waals surface area contributed by atoms with Crippen LogP contribution in [0.5, 0.6) is 11.5 Å². The lowest BCUT2D eigenvalue weighted by Gasteiger charge is -2.05. The molecule has 0 N–H and O–H groups in total. The van der Waals surface area contributed by atoms with Crippen LogP contribution in [0.3, 0.4) is 0 Å². The van der Waals surface area contributed by atoms with Gasteiger partial charge < -0.3 is 9.47 Å². The van der Waals surface area contributed by atoms with Gasteiger partial charge in [0.15, 0.2) is 11.5 Å². The minimum absolute atomic E-state index is 0.255. The maximum absolute atomic E-state index is 5.40. The van der Waals surface area contributed by atoms with Crippen molar-refractivity contribution in [3.05, 3.63) is 52.5 Å². The molecule has 6 nitrogen and oxygen atoms in total. The topological polar surface area (TPSA) is 62.1 Å². The summed E-state index contributed by atoms with van der Waals surface area (Å²) in [5, 5.41) is 12.6. The number of halogens is 1. The van der Waals surface area contributed by atoms with Crippen LogP contribution in [0.25, 0.3) is 11.4 Å². The Labute approximate surface area is 134 Å². The second-order valence-electron chi connectivity index (χ2n) is 4.81. The Bertz CT molecular complexity index is 820. The van der Waals surface area contributed by atoms with Crippen LogP contribution in [0.2, 0.25) is 0 Å². The van der Waals surface area contributed by atoms with Gasteiger partial charge in [-0.05, 0) is 22.9 Å². The molecule has 22 heavy (non-hydrogen) atoms. The highest BCUT2D eigenvalue weighted by atomic mass is 79.9. The van der Waals surface area contributed by atoms with Crippen LogP contribution in [0.1, 0.15) is 5.56 Å². The average molecular weight is 359 g/mol.